The largest absolute Gasteiger partial charge is 0.396 e. The Balaban J connectivity index is 1.10. The van der Waals surface area contributed by atoms with E-state index in [1.165, 1.54) is 53.7 Å². The van der Waals surface area contributed by atoms with Gasteiger partial charge in [0.25, 0.3) is 0 Å². The minimum atomic E-state index is -2.94. The maximum Gasteiger partial charge on any atom is 0.179 e. The Morgan fingerprint density at radius 1 is 0.391 bits per heavy atom. The number of nitrogens with zero attached hydrogens (tertiary/aromatic N) is 2. The van der Waals surface area contributed by atoms with Gasteiger partial charge in [0.1, 0.15) is 0 Å². The molecule has 306 valence electrons. The number of allylic oxidation sites excluding steroid dienone is 1. The maximum atomic E-state index is 7.07. The predicted octanol–water partition coefficient (Wildman–Crippen LogP) is 12.4. The van der Waals surface area contributed by atoms with Gasteiger partial charge < -0.3 is 14.9 Å². The van der Waals surface area contributed by atoms with Gasteiger partial charge in [-0.2, -0.15) is 0 Å². The number of para-hydroxylation sites is 3. The standard InChI is InChI=1S/C60H47N3Si/c1-2-3-33-59-60(61)55-42-46(36-38-58(55)63(59)48-24-10-5-11-25-48)44-21-19-31-52(40-44)64(49-26-12-6-13-27-49,50-28-14-7-15-29-50)51-30-18-20-43(39-51)45-35-37-57-54(41-45)53-32-16-17-34-56(53)62(57)47-22-8-4-9-23-47/h3-42H,2,61H2,1H3/b33-3-. The lowest BCUT2D eigenvalue weighted by Crippen LogP contribution is -2.74. The van der Waals surface area contributed by atoms with Crippen LogP contribution in [0.4, 0.5) is 5.69 Å². The number of nitrogens with two attached hydrogens (primary N) is 1. The van der Waals surface area contributed by atoms with E-state index in [0.717, 1.165) is 51.2 Å². The minimum Gasteiger partial charge on any atom is -0.396 e. The Morgan fingerprint density at radius 3 is 1.39 bits per heavy atom. The number of hydrogen-bond donors (Lipinski definition) is 1. The summed E-state index contributed by atoms with van der Waals surface area (Å²) in [5, 5.41) is 8.87. The SMILES string of the molecule is CC/C=C\c1c(N)c2cc(-c3cccc([Si](c4ccccc4)(c4ccccc4)c4cccc(-c5ccc6c(c5)c5ccccc5n6-c5ccccc5)c4)c3)ccc2n1-c1ccccc1. The average Bonchev–Trinajstić information content (AvgIpc) is 3.85. The van der Waals surface area contributed by atoms with E-state index in [2.05, 4.69) is 259 Å². The van der Waals surface area contributed by atoms with Gasteiger partial charge in [-0.25, -0.2) is 0 Å². The predicted molar refractivity (Wildman–Crippen MR) is 276 cm³/mol. The molecule has 11 rings (SSSR count). The van der Waals surface area contributed by atoms with Crippen LogP contribution in [0.1, 0.15) is 19.0 Å². The lowest BCUT2D eigenvalue weighted by molar-refractivity contribution is 1.11. The van der Waals surface area contributed by atoms with Crippen LogP contribution in [0.15, 0.2) is 237 Å². The van der Waals surface area contributed by atoms with Crippen molar-refractivity contribution in [3.63, 3.8) is 0 Å². The molecule has 2 aromatic heterocycles. The van der Waals surface area contributed by atoms with Crippen molar-refractivity contribution in [3.8, 4) is 33.6 Å². The fraction of sp³-hybridized carbons (Fsp3) is 0.0333. The lowest BCUT2D eigenvalue weighted by atomic mass is 10.0. The summed E-state index contributed by atoms with van der Waals surface area (Å²) in [5.41, 5.74) is 19.3. The van der Waals surface area contributed by atoms with Crippen LogP contribution in [0.2, 0.25) is 0 Å². The van der Waals surface area contributed by atoms with Gasteiger partial charge in [0, 0.05) is 27.5 Å². The van der Waals surface area contributed by atoms with E-state index in [9.17, 15) is 0 Å². The topological polar surface area (TPSA) is 35.9 Å². The second-order valence-electron chi connectivity index (χ2n) is 16.6. The first-order valence-corrected chi connectivity index (χ1v) is 24.2. The first-order chi connectivity index (χ1) is 31.6. The third kappa shape index (κ3) is 6.50. The zero-order valence-electron chi connectivity index (χ0n) is 35.8. The maximum absolute atomic E-state index is 7.07. The number of fused-ring (bicyclic) bond motifs is 4. The Labute approximate surface area is 375 Å². The van der Waals surface area contributed by atoms with Crippen LogP contribution in [0.25, 0.3) is 72.4 Å². The molecule has 0 spiro atoms. The summed E-state index contributed by atoms with van der Waals surface area (Å²) in [7, 11) is -2.94. The van der Waals surface area contributed by atoms with E-state index in [1.54, 1.807) is 0 Å². The molecule has 0 amide bonds. The van der Waals surface area contributed by atoms with E-state index < -0.39 is 8.07 Å². The van der Waals surface area contributed by atoms with Gasteiger partial charge in [-0.3, -0.25) is 0 Å². The molecule has 0 saturated carbocycles. The Bertz CT molecular complexity index is 3440. The highest BCUT2D eigenvalue weighted by atomic mass is 28.3. The number of nitrogen functional groups attached to an aromatic ring is 1. The van der Waals surface area contributed by atoms with Gasteiger partial charge in [-0.15, -0.1) is 0 Å². The number of anilines is 1. The molecule has 3 nitrogen and oxygen atoms in total. The third-order valence-electron chi connectivity index (χ3n) is 12.9. The molecule has 0 aliphatic heterocycles. The fourth-order valence-corrected chi connectivity index (χ4v) is 14.8. The fourth-order valence-electron chi connectivity index (χ4n) is 10.0. The summed E-state index contributed by atoms with van der Waals surface area (Å²) in [4.78, 5) is 0. The first kappa shape index (κ1) is 39.0. The second kappa shape index (κ2) is 16.4. The highest BCUT2D eigenvalue weighted by Gasteiger charge is 2.41. The van der Waals surface area contributed by atoms with Crippen molar-refractivity contribution >= 4 is 73.3 Å². The second-order valence-corrected chi connectivity index (χ2v) is 20.4. The number of aromatic nitrogens is 2. The van der Waals surface area contributed by atoms with Crippen molar-refractivity contribution < 1.29 is 0 Å². The monoisotopic (exact) mass is 837 g/mol. The van der Waals surface area contributed by atoms with E-state index in [0.29, 0.717) is 0 Å². The van der Waals surface area contributed by atoms with Crippen LogP contribution >= 0.6 is 0 Å². The molecule has 0 saturated heterocycles. The highest BCUT2D eigenvalue weighted by molar-refractivity contribution is 7.20. The van der Waals surface area contributed by atoms with Crippen LogP contribution in [0.5, 0.6) is 0 Å². The normalized spacial score (nSPS) is 11.9. The quantitative estimate of drug-likeness (QED) is 0.108. The van der Waals surface area contributed by atoms with Gasteiger partial charge >= 0.3 is 0 Å². The molecule has 0 radical (unpaired) electrons. The van der Waals surface area contributed by atoms with Crippen LogP contribution in [0.3, 0.4) is 0 Å². The number of hydrogen-bond acceptors (Lipinski definition) is 1. The van der Waals surface area contributed by atoms with Gasteiger partial charge in [0.2, 0.25) is 0 Å². The van der Waals surface area contributed by atoms with Crippen molar-refractivity contribution in [1.29, 1.82) is 0 Å². The van der Waals surface area contributed by atoms with Crippen molar-refractivity contribution in [2.75, 3.05) is 5.73 Å². The number of rotatable bonds is 10. The molecule has 0 aliphatic carbocycles. The zero-order valence-corrected chi connectivity index (χ0v) is 36.8. The summed E-state index contributed by atoms with van der Waals surface area (Å²) >= 11 is 0. The third-order valence-corrected chi connectivity index (χ3v) is 17.7. The lowest BCUT2D eigenvalue weighted by Gasteiger charge is -2.35. The summed E-state index contributed by atoms with van der Waals surface area (Å²) in [6.07, 6.45) is 5.28. The Hall–Kier alpha value is -7.92. The Morgan fingerprint density at radius 2 is 0.828 bits per heavy atom. The van der Waals surface area contributed by atoms with Crippen LogP contribution in [0, 0.1) is 0 Å². The molecule has 64 heavy (non-hydrogen) atoms. The van der Waals surface area contributed by atoms with Crippen LogP contribution < -0.4 is 26.5 Å². The first-order valence-electron chi connectivity index (χ1n) is 22.2. The van der Waals surface area contributed by atoms with E-state index in [-0.39, 0.29) is 0 Å². The molecular weight excluding hydrogens is 791 g/mol. The van der Waals surface area contributed by atoms with E-state index in [1.807, 2.05) is 0 Å². The zero-order chi connectivity index (χ0) is 43.0. The van der Waals surface area contributed by atoms with Gasteiger partial charge in [-0.05, 0) is 110 Å². The molecule has 9 aromatic carbocycles. The van der Waals surface area contributed by atoms with Crippen LogP contribution in [-0.2, 0) is 0 Å². The van der Waals surface area contributed by atoms with Gasteiger partial charge in [0.05, 0.1) is 27.9 Å². The summed E-state index contributed by atoms with van der Waals surface area (Å²) in [6, 6.07) is 84.8. The molecule has 0 bridgehead atoms. The number of benzene rings is 9. The van der Waals surface area contributed by atoms with Gasteiger partial charge in [0.15, 0.2) is 8.07 Å². The smallest absolute Gasteiger partial charge is 0.179 e. The van der Waals surface area contributed by atoms with Gasteiger partial charge in [-0.1, -0.05) is 189 Å². The highest BCUT2D eigenvalue weighted by Crippen LogP contribution is 2.37. The van der Waals surface area contributed by atoms with Crippen molar-refractivity contribution in [1.82, 2.24) is 9.13 Å². The van der Waals surface area contributed by atoms with Crippen molar-refractivity contribution in [3.05, 3.63) is 242 Å². The molecule has 0 aliphatic rings. The Kier molecular flexibility index (Phi) is 9.99. The summed E-state index contributed by atoms with van der Waals surface area (Å²) < 4.78 is 4.67. The molecule has 2 heterocycles. The minimum absolute atomic E-state index is 0.790. The molecule has 0 atom stereocenters. The van der Waals surface area contributed by atoms with E-state index in [4.69, 9.17) is 5.73 Å². The molecule has 4 heteroatoms. The molecule has 0 fully saturated rings. The molecular formula is C60H47N3Si. The van der Waals surface area contributed by atoms with Crippen molar-refractivity contribution in [2.24, 2.45) is 0 Å². The summed E-state index contributed by atoms with van der Waals surface area (Å²) in [5.74, 6) is 0. The average molecular weight is 838 g/mol. The van der Waals surface area contributed by atoms with E-state index >= 15 is 0 Å². The molecule has 0 unspecified atom stereocenters. The summed E-state index contributed by atoms with van der Waals surface area (Å²) in [6.45, 7) is 2.16. The molecule has 11 aromatic rings. The molecule has 2 N–H and O–H groups in total. The van der Waals surface area contributed by atoms with Crippen LogP contribution in [-0.4, -0.2) is 17.2 Å². The van der Waals surface area contributed by atoms with Crippen molar-refractivity contribution in [2.45, 2.75) is 13.3 Å².